The third-order valence-electron chi connectivity index (χ3n) is 2.54. The number of hydrogen-bond donors (Lipinski definition) is 1. The summed E-state index contributed by atoms with van der Waals surface area (Å²) in [6, 6.07) is 3.36. The van der Waals surface area contributed by atoms with Crippen LogP contribution in [-0.2, 0) is 6.42 Å². The van der Waals surface area contributed by atoms with E-state index < -0.39 is 5.82 Å². The molecular formula is C12H13ClFNO. The highest BCUT2D eigenvalue weighted by Crippen LogP contribution is 2.28. The van der Waals surface area contributed by atoms with Gasteiger partial charge in [0.05, 0.1) is 11.3 Å². The van der Waals surface area contributed by atoms with Gasteiger partial charge in [-0.15, -0.1) is 0 Å². The summed E-state index contributed by atoms with van der Waals surface area (Å²) >= 11 is 5.68. The Kier molecular flexibility index (Phi) is 3.46. The van der Waals surface area contributed by atoms with Crippen LogP contribution in [0.4, 0.5) is 4.39 Å². The van der Waals surface area contributed by atoms with Crippen molar-refractivity contribution in [3.8, 4) is 0 Å². The van der Waals surface area contributed by atoms with E-state index in [2.05, 4.69) is 5.32 Å². The van der Waals surface area contributed by atoms with Crippen LogP contribution in [0.15, 0.2) is 22.8 Å². The van der Waals surface area contributed by atoms with Crippen LogP contribution in [0.3, 0.4) is 0 Å². The third-order valence-corrected chi connectivity index (χ3v) is 2.83. The average molecular weight is 242 g/mol. The van der Waals surface area contributed by atoms with Crippen molar-refractivity contribution in [3.63, 3.8) is 0 Å². The van der Waals surface area contributed by atoms with E-state index in [0.29, 0.717) is 0 Å². The Morgan fingerprint density at radius 3 is 3.00 bits per heavy atom. The van der Waals surface area contributed by atoms with E-state index in [1.165, 1.54) is 0 Å². The Morgan fingerprint density at radius 1 is 1.44 bits per heavy atom. The minimum Gasteiger partial charge on any atom is -0.461 e. The molecule has 0 spiro atoms. The van der Waals surface area contributed by atoms with E-state index in [1.807, 2.05) is 6.92 Å². The van der Waals surface area contributed by atoms with Crippen LogP contribution in [-0.4, -0.2) is 13.1 Å². The second kappa shape index (κ2) is 4.85. The van der Waals surface area contributed by atoms with Crippen LogP contribution < -0.4 is 5.32 Å². The fraction of sp³-hybridized carbons (Fsp3) is 0.333. The molecule has 1 aromatic carbocycles. The predicted molar refractivity (Wildman–Crippen MR) is 63.4 cm³/mol. The quantitative estimate of drug-likeness (QED) is 0.831. The predicted octanol–water partition coefficient (Wildman–Crippen LogP) is 3.38. The lowest BCUT2D eigenvalue weighted by Crippen LogP contribution is -2.15. The van der Waals surface area contributed by atoms with Gasteiger partial charge in [-0.05, 0) is 37.2 Å². The van der Waals surface area contributed by atoms with E-state index in [1.54, 1.807) is 18.4 Å². The Bertz CT molecular complexity index is 495. The maximum absolute atomic E-state index is 13.6. The first kappa shape index (κ1) is 11.4. The number of likely N-dealkylation sites (N-methyl/N-ethyl adjacent to an activating group) is 1. The molecule has 0 aliphatic rings. The highest BCUT2D eigenvalue weighted by Gasteiger charge is 2.12. The third kappa shape index (κ3) is 2.06. The Balaban J connectivity index is 2.31. The van der Waals surface area contributed by atoms with Crippen LogP contribution in [0.1, 0.15) is 12.5 Å². The van der Waals surface area contributed by atoms with Gasteiger partial charge in [0.2, 0.25) is 0 Å². The van der Waals surface area contributed by atoms with Crippen LogP contribution in [0, 0.1) is 5.82 Å². The first-order valence-corrected chi connectivity index (χ1v) is 5.66. The molecule has 2 aromatic rings. The van der Waals surface area contributed by atoms with Gasteiger partial charge in [0.25, 0.3) is 0 Å². The van der Waals surface area contributed by atoms with Gasteiger partial charge < -0.3 is 9.73 Å². The average Bonchev–Trinajstić information content (AvgIpc) is 2.68. The molecule has 0 radical (unpaired) electrons. The summed E-state index contributed by atoms with van der Waals surface area (Å²) in [4.78, 5) is 0. The lowest BCUT2D eigenvalue weighted by Gasteiger charge is -2.00. The van der Waals surface area contributed by atoms with Crippen molar-refractivity contribution in [1.82, 2.24) is 5.32 Å². The van der Waals surface area contributed by atoms with Gasteiger partial charge in [0, 0.05) is 5.39 Å². The Morgan fingerprint density at radius 2 is 2.25 bits per heavy atom. The number of nitrogens with one attached hydrogen (secondary N) is 1. The highest BCUT2D eigenvalue weighted by atomic mass is 35.5. The zero-order chi connectivity index (χ0) is 11.5. The summed E-state index contributed by atoms with van der Waals surface area (Å²) in [5, 5.41) is 4.12. The number of benzene rings is 1. The van der Waals surface area contributed by atoms with E-state index >= 15 is 0 Å². The Labute approximate surface area is 98.4 Å². The van der Waals surface area contributed by atoms with Gasteiger partial charge >= 0.3 is 0 Å². The summed E-state index contributed by atoms with van der Waals surface area (Å²) in [5.41, 5.74) is 1.26. The van der Waals surface area contributed by atoms with Gasteiger partial charge in [0.15, 0.2) is 11.4 Å². The molecule has 0 amide bonds. The SMILES string of the molecule is CCNCCc1coc2c(F)c(Cl)ccc12. The lowest BCUT2D eigenvalue weighted by atomic mass is 10.1. The smallest absolute Gasteiger partial charge is 0.184 e. The fourth-order valence-electron chi connectivity index (χ4n) is 1.69. The van der Waals surface area contributed by atoms with Crippen LogP contribution >= 0.6 is 11.6 Å². The molecule has 0 aliphatic carbocycles. The van der Waals surface area contributed by atoms with Gasteiger partial charge in [-0.2, -0.15) is 0 Å². The van der Waals surface area contributed by atoms with Gasteiger partial charge in [-0.25, -0.2) is 4.39 Å². The molecular weight excluding hydrogens is 229 g/mol. The summed E-state index contributed by atoms with van der Waals surface area (Å²) < 4.78 is 18.8. The molecule has 0 atom stereocenters. The second-order valence-electron chi connectivity index (χ2n) is 3.60. The van der Waals surface area contributed by atoms with Crippen molar-refractivity contribution in [2.75, 3.05) is 13.1 Å². The highest BCUT2D eigenvalue weighted by molar-refractivity contribution is 6.31. The van der Waals surface area contributed by atoms with Crippen molar-refractivity contribution < 1.29 is 8.81 Å². The van der Waals surface area contributed by atoms with Gasteiger partial charge in [0.1, 0.15) is 0 Å². The molecule has 86 valence electrons. The lowest BCUT2D eigenvalue weighted by molar-refractivity contribution is 0.557. The molecule has 1 heterocycles. The normalized spacial score (nSPS) is 11.2. The van der Waals surface area contributed by atoms with E-state index in [-0.39, 0.29) is 10.6 Å². The number of rotatable bonds is 4. The summed E-state index contributed by atoms with van der Waals surface area (Å²) in [5.74, 6) is -0.478. The second-order valence-corrected chi connectivity index (χ2v) is 4.01. The van der Waals surface area contributed by atoms with Crippen LogP contribution in [0.2, 0.25) is 5.02 Å². The largest absolute Gasteiger partial charge is 0.461 e. The molecule has 1 N–H and O–H groups in total. The van der Waals surface area contributed by atoms with Crippen LogP contribution in [0.25, 0.3) is 11.0 Å². The number of furan rings is 1. The van der Waals surface area contributed by atoms with Crippen molar-refractivity contribution in [2.45, 2.75) is 13.3 Å². The monoisotopic (exact) mass is 241 g/mol. The maximum Gasteiger partial charge on any atom is 0.184 e. The zero-order valence-corrected chi connectivity index (χ0v) is 9.77. The molecule has 0 fully saturated rings. The summed E-state index contributed by atoms with van der Waals surface area (Å²) in [6.07, 6.45) is 2.42. The number of halogens is 2. The standard InChI is InChI=1S/C12H13ClFNO/c1-2-15-6-5-8-7-16-12-9(8)3-4-10(13)11(12)14/h3-4,7,15H,2,5-6H2,1H3. The van der Waals surface area contributed by atoms with Crippen molar-refractivity contribution in [2.24, 2.45) is 0 Å². The van der Waals surface area contributed by atoms with E-state index in [9.17, 15) is 4.39 Å². The Hall–Kier alpha value is -1.06. The first-order chi connectivity index (χ1) is 7.74. The van der Waals surface area contributed by atoms with E-state index in [0.717, 1.165) is 30.5 Å². The molecule has 16 heavy (non-hydrogen) atoms. The van der Waals surface area contributed by atoms with Gasteiger partial charge in [-0.1, -0.05) is 18.5 Å². The topological polar surface area (TPSA) is 25.2 Å². The first-order valence-electron chi connectivity index (χ1n) is 5.28. The van der Waals surface area contributed by atoms with Crippen molar-refractivity contribution in [1.29, 1.82) is 0 Å². The minimum absolute atomic E-state index is 0.0973. The molecule has 0 saturated carbocycles. The summed E-state index contributed by atoms with van der Waals surface area (Å²) in [7, 11) is 0. The number of hydrogen-bond acceptors (Lipinski definition) is 2. The molecule has 0 bridgehead atoms. The molecule has 0 aliphatic heterocycles. The molecule has 2 nitrogen and oxygen atoms in total. The summed E-state index contributed by atoms with van der Waals surface area (Å²) in [6.45, 7) is 3.83. The molecule has 0 unspecified atom stereocenters. The maximum atomic E-state index is 13.6. The van der Waals surface area contributed by atoms with Crippen LogP contribution in [0.5, 0.6) is 0 Å². The van der Waals surface area contributed by atoms with Gasteiger partial charge in [-0.3, -0.25) is 0 Å². The molecule has 0 saturated heterocycles. The minimum atomic E-state index is -0.478. The van der Waals surface area contributed by atoms with Crippen molar-refractivity contribution in [3.05, 3.63) is 34.8 Å². The molecule has 2 rings (SSSR count). The molecule has 4 heteroatoms. The number of fused-ring (bicyclic) bond motifs is 1. The van der Waals surface area contributed by atoms with E-state index in [4.69, 9.17) is 16.0 Å². The molecule has 1 aromatic heterocycles. The van der Waals surface area contributed by atoms with Crippen molar-refractivity contribution >= 4 is 22.6 Å². The zero-order valence-electron chi connectivity index (χ0n) is 9.02. The fourth-order valence-corrected chi connectivity index (χ4v) is 1.84.